The number of hydrogen-bond donors (Lipinski definition) is 0. The highest BCUT2D eigenvalue weighted by Gasteiger charge is 2.36. The number of anilines is 1. The molecule has 0 spiro atoms. The molecule has 1 unspecified atom stereocenters. The van der Waals surface area contributed by atoms with Crippen LogP contribution in [-0.4, -0.2) is 33.9 Å². The highest BCUT2D eigenvalue weighted by atomic mass is 32.2. The molecule has 2 fully saturated rings. The van der Waals surface area contributed by atoms with Gasteiger partial charge < -0.3 is 4.84 Å². The molecule has 8 heteroatoms. The van der Waals surface area contributed by atoms with Crippen molar-refractivity contribution < 1.29 is 19.2 Å². The molecule has 3 aliphatic rings. The van der Waals surface area contributed by atoms with Gasteiger partial charge in [0.05, 0.1) is 5.69 Å². The average molecular weight is 371 g/mol. The quantitative estimate of drug-likeness (QED) is 0.706. The number of nitrogens with zero attached hydrogens (tertiary/aromatic N) is 3. The third-order valence-corrected chi connectivity index (χ3v) is 5.52. The number of carbonyl (C=O) groups is 3. The Labute approximate surface area is 154 Å². The van der Waals surface area contributed by atoms with E-state index in [1.807, 2.05) is 11.8 Å². The van der Waals surface area contributed by atoms with Gasteiger partial charge in [0.1, 0.15) is 0 Å². The van der Waals surface area contributed by atoms with Gasteiger partial charge >= 0.3 is 6.09 Å². The lowest BCUT2D eigenvalue weighted by Crippen LogP contribution is -2.32. The van der Waals surface area contributed by atoms with Gasteiger partial charge in [-0.3, -0.25) is 14.5 Å². The van der Waals surface area contributed by atoms with Crippen molar-refractivity contribution in [2.75, 3.05) is 10.7 Å². The summed E-state index contributed by atoms with van der Waals surface area (Å²) in [6, 6.07) is 6.22. The monoisotopic (exact) mass is 371 g/mol. The van der Waals surface area contributed by atoms with Gasteiger partial charge in [-0.15, -0.1) is 10.1 Å². The number of amides is 3. The maximum absolute atomic E-state index is 12.1. The van der Waals surface area contributed by atoms with E-state index >= 15 is 0 Å². The van der Waals surface area contributed by atoms with E-state index in [2.05, 4.69) is 36.2 Å². The van der Waals surface area contributed by atoms with Crippen LogP contribution in [0, 0.1) is 6.92 Å². The fourth-order valence-electron chi connectivity index (χ4n) is 3.30. The van der Waals surface area contributed by atoms with Crippen LogP contribution in [0.5, 0.6) is 0 Å². The Morgan fingerprint density at radius 1 is 1.27 bits per heavy atom. The first kappa shape index (κ1) is 16.8. The van der Waals surface area contributed by atoms with E-state index in [1.165, 1.54) is 11.8 Å². The molecule has 0 bridgehead atoms. The molecular formula is C18H17N3O4S. The topological polar surface area (TPSA) is 79.3 Å². The normalized spacial score (nSPS) is 23.2. The Morgan fingerprint density at radius 3 is 2.73 bits per heavy atom. The number of imide groups is 1. The third kappa shape index (κ3) is 2.80. The van der Waals surface area contributed by atoms with Crippen LogP contribution in [0.25, 0.3) is 0 Å². The van der Waals surface area contributed by atoms with Gasteiger partial charge in [0.25, 0.3) is 11.8 Å². The van der Waals surface area contributed by atoms with Gasteiger partial charge in [0, 0.05) is 30.2 Å². The largest absolute Gasteiger partial charge is 0.461 e. The molecule has 2 saturated heterocycles. The number of aryl methyl sites for hydroxylation is 1. The van der Waals surface area contributed by atoms with Crippen molar-refractivity contribution in [1.82, 2.24) is 5.06 Å². The van der Waals surface area contributed by atoms with Crippen molar-refractivity contribution in [1.29, 1.82) is 0 Å². The van der Waals surface area contributed by atoms with Crippen LogP contribution in [0.15, 0.2) is 35.0 Å². The zero-order chi connectivity index (χ0) is 18.4. The molecule has 0 saturated carbocycles. The van der Waals surface area contributed by atoms with Crippen molar-refractivity contribution >= 4 is 40.5 Å². The van der Waals surface area contributed by atoms with Crippen LogP contribution in [0.3, 0.4) is 0 Å². The number of thioether (sulfide) groups is 1. The Bertz CT molecular complexity index is 876. The predicted octanol–water partition coefficient (Wildman–Crippen LogP) is 3.11. The summed E-state index contributed by atoms with van der Waals surface area (Å²) in [5.41, 5.74) is 4.34. The molecule has 7 nitrogen and oxygen atoms in total. The lowest BCUT2D eigenvalue weighted by molar-refractivity contribution is -0.170. The molecule has 3 heterocycles. The van der Waals surface area contributed by atoms with Gasteiger partial charge in [0.15, 0.2) is 5.17 Å². The van der Waals surface area contributed by atoms with E-state index in [1.54, 1.807) is 0 Å². The van der Waals surface area contributed by atoms with Gasteiger partial charge in [-0.2, -0.15) is 0 Å². The molecule has 1 atom stereocenters. The van der Waals surface area contributed by atoms with Crippen LogP contribution in [-0.2, 0) is 14.4 Å². The van der Waals surface area contributed by atoms with Gasteiger partial charge in [-0.05, 0) is 24.1 Å². The minimum absolute atomic E-state index is 0.0565. The van der Waals surface area contributed by atoms with Crippen LogP contribution in [0.4, 0.5) is 10.5 Å². The number of aliphatic imine (C=N–C) groups is 1. The first-order valence-corrected chi connectivity index (χ1v) is 9.33. The minimum atomic E-state index is -0.967. The third-order valence-electron chi connectivity index (χ3n) is 4.55. The first-order valence-electron chi connectivity index (χ1n) is 8.34. The van der Waals surface area contributed by atoms with Crippen LogP contribution in [0.1, 0.15) is 36.8 Å². The van der Waals surface area contributed by atoms with Crippen LogP contribution < -0.4 is 4.90 Å². The number of rotatable bonds is 1. The molecule has 3 aliphatic heterocycles. The molecule has 1 aromatic rings. The van der Waals surface area contributed by atoms with Crippen molar-refractivity contribution in [2.45, 2.75) is 32.6 Å². The fraction of sp³-hybridized carbons (Fsp3) is 0.333. The van der Waals surface area contributed by atoms with E-state index < -0.39 is 17.9 Å². The van der Waals surface area contributed by atoms with Gasteiger partial charge in [0.2, 0.25) is 0 Å². The Morgan fingerprint density at radius 2 is 2.00 bits per heavy atom. The number of allylic oxidation sites excluding steroid dienone is 1. The molecule has 134 valence electrons. The van der Waals surface area contributed by atoms with Gasteiger partial charge in [-0.25, -0.2) is 4.79 Å². The molecule has 26 heavy (non-hydrogen) atoms. The van der Waals surface area contributed by atoms with E-state index in [9.17, 15) is 14.4 Å². The summed E-state index contributed by atoms with van der Waals surface area (Å²) in [5, 5.41) is 0.998. The molecule has 3 amide bonds. The number of hydrogen-bond acceptors (Lipinski definition) is 5. The number of fused-ring (bicyclic) bond motifs is 3. The Hall–Kier alpha value is -2.61. The summed E-state index contributed by atoms with van der Waals surface area (Å²) < 4.78 is 0. The molecule has 0 aliphatic carbocycles. The fourth-order valence-corrected chi connectivity index (χ4v) is 4.28. The Balaban J connectivity index is 1.62. The number of amidine groups is 1. The van der Waals surface area contributed by atoms with Gasteiger partial charge in [-0.1, -0.05) is 36.9 Å². The number of hydroxylamine groups is 2. The first-order chi connectivity index (χ1) is 12.4. The molecular weight excluding hydrogens is 354 g/mol. The SMILES string of the molecule is Cc1ccc2c(c1)N1C(=CC2C)CS/C1=N\C(=O)ON1C(=O)CCC1=O. The van der Waals surface area contributed by atoms with E-state index in [4.69, 9.17) is 4.84 Å². The predicted molar refractivity (Wildman–Crippen MR) is 97.6 cm³/mol. The Kier molecular flexibility index (Phi) is 4.07. The van der Waals surface area contributed by atoms with Crippen molar-refractivity contribution in [2.24, 2.45) is 4.99 Å². The lowest BCUT2D eigenvalue weighted by Gasteiger charge is -2.30. The summed E-state index contributed by atoms with van der Waals surface area (Å²) in [4.78, 5) is 46.1. The zero-order valence-electron chi connectivity index (χ0n) is 14.4. The van der Waals surface area contributed by atoms with E-state index in [-0.39, 0.29) is 18.8 Å². The molecule has 1 aromatic carbocycles. The van der Waals surface area contributed by atoms with Crippen molar-refractivity contribution in [3.8, 4) is 0 Å². The number of carbonyl (C=O) groups excluding carboxylic acids is 3. The summed E-state index contributed by atoms with van der Waals surface area (Å²) >= 11 is 1.43. The van der Waals surface area contributed by atoms with E-state index in [0.717, 1.165) is 22.5 Å². The van der Waals surface area contributed by atoms with Crippen molar-refractivity contribution in [3.05, 3.63) is 41.1 Å². The second-order valence-electron chi connectivity index (χ2n) is 6.47. The van der Waals surface area contributed by atoms with Crippen LogP contribution in [0.2, 0.25) is 0 Å². The van der Waals surface area contributed by atoms with Crippen LogP contribution >= 0.6 is 11.8 Å². The number of benzene rings is 1. The second kappa shape index (κ2) is 6.28. The maximum atomic E-state index is 12.1. The second-order valence-corrected chi connectivity index (χ2v) is 7.41. The summed E-state index contributed by atoms with van der Waals surface area (Å²) in [7, 11) is 0. The maximum Gasteiger partial charge on any atom is 0.461 e. The summed E-state index contributed by atoms with van der Waals surface area (Å²) in [6.45, 7) is 4.15. The highest BCUT2D eigenvalue weighted by Crippen LogP contribution is 2.43. The lowest BCUT2D eigenvalue weighted by atomic mass is 9.93. The highest BCUT2D eigenvalue weighted by molar-refractivity contribution is 8.14. The smallest absolute Gasteiger partial charge is 0.309 e. The molecule has 0 radical (unpaired) electrons. The minimum Gasteiger partial charge on any atom is -0.309 e. The molecule has 4 rings (SSSR count). The zero-order valence-corrected chi connectivity index (χ0v) is 15.2. The average Bonchev–Trinajstić information content (AvgIpc) is 3.13. The molecule has 0 N–H and O–H groups in total. The summed E-state index contributed by atoms with van der Waals surface area (Å²) in [6.07, 6.45) is 1.30. The molecule has 0 aromatic heterocycles. The van der Waals surface area contributed by atoms with Crippen molar-refractivity contribution in [3.63, 3.8) is 0 Å². The summed E-state index contributed by atoms with van der Waals surface area (Å²) in [5.74, 6) is -0.0543. The van der Waals surface area contributed by atoms with E-state index in [0.29, 0.717) is 16.0 Å². The standard InChI is InChI=1S/C18H17N3O4S/c1-10-3-4-13-11(2)8-12-9-26-17(20(12)14(13)7-10)19-18(24)25-21-15(22)5-6-16(21)23/h3-4,7-8,11H,5-6,9H2,1-2H3/b19-17-.